The summed E-state index contributed by atoms with van der Waals surface area (Å²) in [6, 6.07) is 6.11. The monoisotopic (exact) mass is 287 g/mol. The first-order valence-electron chi connectivity index (χ1n) is 5.49. The Morgan fingerprint density at radius 2 is 1.85 bits per heavy atom. The third-order valence-corrected chi connectivity index (χ3v) is 2.29. The Bertz CT molecular complexity index is 550. The smallest absolute Gasteiger partial charge is 0.454 e. The van der Waals surface area contributed by atoms with E-state index in [0.29, 0.717) is 6.08 Å². The molecule has 1 rings (SSSR count). The third-order valence-electron chi connectivity index (χ3n) is 2.29. The Hall–Kier alpha value is -2.31. The molecule has 20 heavy (non-hydrogen) atoms. The van der Waals surface area contributed by atoms with Gasteiger partial charge >= 0.3 is 12.1 Å². The largest absolute Gasteiger partial charge is 0.465 e. The number of para-hydroxylation sites is 1. The number of ether oxygens (including phenoxy) is 1. The van der Waals surface area contributed by atoms with Crippen molar-refractivity contribution < 1.29 is 27.5 Å². The van der Waals surface area contributed by atoms with E-state index in [1.54, 1.807) is 12.1 Å². The third kappa shape index (κ3) is 4.11. The highest BCUT2D eigenvalue weighted by atomic mass is 19.4. The molecule has 0 spiro atoms. The minimum absolute atomic E-state index is 0.0383. The Labute approximate surface area is 113 Å². The molecule has 0 fully saturated rings. The summed E-state index contributed by atoms with van der Waals surface area (Å²) in [5, 5.41) is 2.57. The molecule has 0 bridgehead atoms. The average molecular weight is 287 g/mol. The van der Waals surface area contributed by atoms with Crippen molar-refractivity contribution in [2.75, 3.05) is 12.4 Å². The van der Waals surface area contributed by atoms with Crippen molar-refractivity contribution in [1.82, 2.24) is 0 Å². The number of anilines is 1. The summed E-state index contributed by atoms with van der Waals surface area (Å²) in [5.41, 5.74) is 0.369. The van der Waals surface area contributed by atoms with Gasteiger partial charge in [-0.2, -0.15) is 13.2 Å². The van der Waals surface area contributed by atoms with E-state index in [1.807, 2.05) is 0 Å². The number of carbonyl (C=O) groups is 2. The van der Waals surface area contributed by atoms with Gasteiger partial charge in [-0.15, -0.1) is 0 Å². The van der Waals surface area contributed by atoms with Gasteiger partial charge in [0.15, 0.2) is 0 Å². The minimum Gasteiger partial charge on any atom is -0.465 e. The zero-order valence-electron chi connectivity index (χ0n) is 10.7. The van der Waals surface area contributed by atoms with Crippen LogP contribution in [0.5, 0.6) is 0 Å². The predicted molar refractivity (Wildman–Crippen MR) is 66.2 cm³/mol. The standard InChI is InChI=1S/C13H12F3NO3/c1-8(7-11(18)13(14,15)16)17-10-6-4-3-5-9(10)12(19)20-2/h3-7,17H,1-2H3/b8-7+. The second-order valence-corrected chi connectivity index (χ2v) is 3.85. The molecule has 0 aliphatic rings. The van der Waals surface area contributed by atoms with Gasteiger partial charge in [-0.25, -0.2) is 4.79 Å². The molecule has 0 unspecified atom stereocenters. The maximum Gasteiger partial charge on any atom is 0.454 e. The lowest BCUT2D eigenvalue weighted by molar-refractivity contribution is -0.165. The molecule has 0 heterocycles. The number of benzene rings is 1. The summed E-state index contributed by atoms with van der Waals surface area (Å²) in [6.07, 6.45) is -4.50. The average Bonchev–Trinajstić information content (AvgIpc) is 2.37. The lowest BCUT2D eigenvalue weighted by Crippen LogP contribution is -2.21. The fourth-order valence-corrected chi connectivity index (χ4v) is 1.41. The van der Waals surface area contributed by atoms with Crippen molar-refractivity contribution in [3.8, 4) is 0 Å². The van der Waals surface area contributed by atoms with Gasteiger partial charge in [0.25, 0.3) is 5.78 Å². The van der Waals surface area contributed by atoms with Crippen molar-refractivity contribution in [3.63, 3.8) is 0 Å². The summed E-state index contributed by atoms with van der Waals surface area (Å²) in [4.78, 5) is 22.3. The summed E-state index contributed by atoms with van der Waals surface area (Å²) >= 11 is 0. The quantitative estimate of drug-likeness (QED) is 0.683. The van der Waals surface area contributed by atoms with E-state index in [0.717, 1.165) is 0 Å². The Morgan fingerprint density at radius 1 is 1.25 bits per heavy atom. The summed E-state index contributed by atoms with van der Waals surface area (Å²) in [7, 11) is 1.19. The molecule has 0 radical (unpaired) electrons. The number of hydrogen-bond acceptors (Lipinski definition) is 4. The van der Waals surface area contributed by atoms with Crippen LogP contribution in [0.1, 0.15) is 17.3 Å². The maximum absolute atomic E-state index is 12.1. The van der Waals surface area contributed by atoms with Crippen LogP contribution in [0, 0.1) is 0 Å². The van der Waals surface area contributed by atoms with Crippen molar-refractivity contribution in [1.29, 1.82) is 0 Å². The fraction of sp³-hybridized carbons (Fsp3) is 0.231. The number of hydrogen-bond donors (Lipinski definition) is 1. The van der Waals surface area contributed by atoms with Gasteiger partial charge in [-0.3, -0.25) is 4.79 Å². The molecule has 0 saturated carbocycles. The molecule has 4 nitrogen and oxygen atoms in total. The van der Waals surface area contributed by atoms with Gasteiger partial charge in [0.1, 0.15) is 0 Å². The molecule has 108 valence electrons. The lowest BCUT2D eigenvalue weighted by atomic mass is 10.1. The molecule has 0 aliphatic carbocycles. The summed E-state index contributed by atoms with van der Waals surface area (Å²) < 4.78 is 40.9. The Morgan fingerprint density at radius 3 is 2.40 bits per heavy atom. The van der Waals surface area contributed by atoms with Crippen molar-refractivity contribution in [2.45, 2.75) is 13.1 Å². The SMILES string of the molecule is COC(=O)c1ccccc1N/C(C)=C/C(=O)C(F)(F)F. The zero-order valence-corrected chi connectivity index (χ0v) is 10.7. The van der Waals surface area contributed by atoms with Crippen LogP contribution in [0.15, 0.2) is 36.0 Å². The van der Waals surface area contributed by atoms with Gasteiger partial charge in [-0.1, -0.05) is 12.1 Å². The van der Waals surface area contributed by atoms with Crippen LogP contribution in [0.25, 0.3) is 0 Å². The highest BCUT2D eigenvalue weighted by Crippen LogP contribution is 2.20. The Balaban J connectivity index is 2.97. The molecule has 0 aliphatic heterocycles. The molecular formula is C13H12F3NO3. The number of ketones is 1. The summed E-state index contributed by atoms with van der Waals surface area (Å²) in [6.45, 7) is 1.29. The molecule has 1 N–H and O–H groups in total. The van der Waals surface area contributed by atoms with Gasteiger partial charge in [0.2, 0.25) is 0 Å². The van der Waals surface area contributed by atoms with Gasteiger partial charge in [0.05, 0.1) is 18.4 Å². The van der Waals surface area contributed by atoms with E-state index < -0.39 is 17.9 Å². The van der Waals surface area contributed by atoms with Gasteiger partial charge in [0, 0.05) is 11.8 Å². The van der Waals surface area contributed by atoms with Crippen LogP contribution in [0.4, 0.5) is 18.9 Å². The van der Waals surface area contributed by atoms with Gasteiger partial charge < -0.3 is 10.1 Å². The second-order valence-electron chi connectivity index (χ2n) is 3.85. The Kier molecular flexibility index (Phi) is 4.90. The highest BCUT2D eigenvalue weighted by molar-refractivity contribution is 5.97. The van der Waals surface area contributed by atoms with E-state index in [2.05, 4.69) is 10.1 Å². The van der Waals surface area contributed by atoms with E-state index in [4.69, 9.17) is 0 Å². The number of rotatable bonds is 4. The molecule has 0 atom stereocenters. The lowest BCUT2D eigenvalue weighted by Gasteiger charge is -2.11. The number of methoxy groups -OCH3 is 1. The number of nitrogens with one attached hydrogen (secondary N) is 1. The van der Waals surface area contributed by atoms with Crippen LogP contribution < -0.4 is 5.32 Å². The van der Waals surface area contributed by atoms with Crippen LogP contribution in [-0.2, 0) is 9.53 Å². The zero-order chi connectivity index (χ0) is 15.3. The molecule has 1 aromatic rings. The van der Waals surface area contributed by atoms with E-state index in [-0.39, 0.29) is 16.9 Å². The maximum atomic E-state index is 12.1. The molecule has 0 aromatic heterocycles. The van der Waals surface area contributed by atoms with E-state index >= 15 is 0 Å². The normalized spacial score (nSPS) is 11.9. The van der Waals surface area contributed by atoms with Gasteiger partial charge in [-0.05, 0) is 19.1 Å². The fourth-order valence-electron chi connectivity index (χ4n) is 1.41. The molecule has 0 saturated heterocycles. The first-order chi connectivity index (χ1) is 9.25. The minimum atomic E-state index is -4.93. The number of esters is 1. The van der Waals surface area contributed by atoms with Crippen molar-refractivity contribution in [3.05, 3.63) is 41.6 Å². The molecule has 0 amide bonds. The molecule has 7 heteroatoms. The number of allylic oxidation sites excluding steroid dienone is 2. The topological polar surface area (TPSA) is 55.4 Å². The van der Waals surface area contributed by atoms with Crippen LogP contribution in [0.2, 0.25) is 0 Å². The first kappa shape index (κ1) is 15.7. The highest BCUT2D eigenvalue weighted by Gasteiger charge is 2.36. The summed E-state index contributed by atoms with van der Waals surface area (Å²) in [5.74, 6) is -2.61. The van der Waals surface area contributed by atoms with E-state index in [1.165, 1.54) is 26.2 Å². The second kappa shape index (κ2) is 6.23. The van der Waals surface area contributed by atoms with E-state index in [9.17, 15) is 22.8 Å². The van der Waals surface area contributed by atoms with Crippen molar-refractivity contribution >= 4 is 17.4 Å². The number of halogens is 3. The van der Waals surface area contributed by atoms with Crippen LogP contribution in [0.3, 0.4) is 0 Å². The first-order valence-corrected chi connectivity index (χ1v) is 5.49. The van der Waals surface area contributed by atoms with Crippen LogP contribution in [-0.4, -0.2) is 25.0 Å². The predicted octanol–water partition coefficient (Wildman–Crippen LogP) is 2.92. The number of carbonyl (C=O) groups excluding carboxylic acids is 2. The number of alkyl halides is 3. The van der Waals surface area contributed by atoms with Crippen LogP contribution >= 0.6 is 0 Å². The molecule has 1 aromatic carbocycles. The molecular weight excluding hydrogens is 275 g/mol. The van der Waals surface area contributed by atoms with Crippen molar-refractivity contribution in [2.24, 2.45) is 0 Å².